The van der Waals surface area contributed by atoms with E-state index in [4.69, 9.17) is 14.5 Å². The van der Waals surface area contributed by atoms with Crippen molar-refractivity contribution in [2.24, 2.45) is 0 Å². The van der Waals surface area contributed by atoms with Crippen LogP contribution in [-0.4, -0.2) is 49.8 Å². The van der Waals surface area contributed by atoms with Crippen molar-refractivity contribution in [2.45, 2.75) is 12.8 Å². The van der Waals surface area contributed by atoms with E-state index in [0.717, 1.165) is 35.4 Å². The van der Waals surface area contributed by atoms with Gasteiger partial charge in [-0.2, -0.15) is 0 Å². The average Bonchev–Trinajstić information content (AvgIpc) is 3.46. The maximum absolute atomic E-state index is 13.6. The summed E-state index contributed by atoms with van der Waals surface area (Å²) in [4.78, 5) is 22.3. The summed E-state index contributed by atoms with van der Waals surface area (Å²) in [6, 6.07) is 22.1. The first-order valence-corrected chi connectivity index (χ1v) is 12.2. The number of nitrogens with zero attached hydrogens (tertiary/aromatic N) is 3. The number of ether oxygens (including phenoxy) is 2. The number of carbonyl (C=O) groups is 1. The Kier molecular flexibility index (Phi) is 6.47. The van der Waals surface area contributed by atoms with Crippen LogP contribution in [0.15, 0.2) is 66.7 Å². The third-order valence-corrected chi connectivity index (χ3v) is 6.83. The van der Waals surface area contributed by atoms with E-state index in [2.05, 4.69) is 17.0 Å². The summed E-state index contributed by atoms with van der Waals surface area (Å²) >= 11 is 1.50. The first kappa shape index (κ1) is 22.4. The third-order valence-electron chi connectivity index (χ3n) is 5.79. The molecule has 0 radical (unpaired) electrons. The molecule has 1 aromatic heterocycles. The van der Waals surface area contributed by atoms with Crippen LogP contribution in [0.4, 0.5) is 5.13 Å². The monoisotopic (exact) mass is 473 g/mol. The highest BCUT2D eigenvalue weighted by Crippen LogP contribution is 2.40. The first-order valence-electron chi connectivity index (χ1n) is 11.4. The van der Waals surface area contributed by atoms with Gasteiger partial charge < -0.3 is 14.4 Å². The van der Waals surface area contributed by atoms with Gasteiger partial charge in [0.1, 0.15) is 0 Å². The Hall–Kier alpha value is -3.42. The molecule has 0 saturated heterocycles. The number of rotatable bonds is 8. The zero-order valence-corrected chi connectivity index (χ0v) is 20.2. The second kappa shape index (κ2) is 9.83. The van der Waals surface area contributed by atoms with Gasteiger partial charge in [0, 0.05) is 24.2 Å². The smallest absolute Gasteiger partial charge is 0.260 e. The van der Waals surface area contributed by atoms with E-state index in [9.17, 15) is 4.79 Å². The van der Waals surface area contributed by atoms with E-state index in [-0.39, 0.29) is 12.7 Å². The van der Waals surface area contributed by atoms with Crippen molar-refractivity contribution in [2.75, 3.05) is 38.9 Å². The molecule has 7 heteroatoms. The minimum absolute atomic E-state index is 0.0379. The molecule has 34 heavy (non-hydrogen) atoms. The Labute approximate surface area is 203 Å². The van der Waals surface area contributed by atoms with Gasteiger partial charge in [0.2, 0.25) is 6.79 Å². The molecule has 0 atom stereocenters. The Morgan fingerprint density at radius 3 is 2.38 bits per heavy atom. The van der Waals surface area contributed by atoms with E-state index < -0.39 is 0 Å². The van der Waals surface area contributed by atoms with Crippen LogP contribution in [-0.2, 0) is 6.42 Å². The topological polar surface area (TPSA) is 54.9 Å². The molecule has 6 nitrogen and oxygen atoms in total. The lowest BCUT2D eigenvalue weighted by Crippen LogP contribution is -2.33. The molecule has 1 aliphatic heterocycles. The second-order valence-electron chi connectivity index (χ2n) is 8.64. The van der Waals surface area contributed by atoms with Gasteiger partial charge in [0.05, 0.1) is 10.2 Å². The lowest BCUT2D eigenvalue weighted by atomic mass is 10.0. The van der Waals surface area contributed by atoms with Crippen molar-refractivity contribution < 1.29 is 14.3 Å². The molecular formula is C27H27N3O3S. The average molecular weight is 474 g/mol. The summed E-state index contributed by atoms with van der Waals surface area (Å²) in [6.07, 6.45) is 1.69. The van der Waals surface area contributed by atoms with E-state index in [1.807, 2.05) is 68.7 Å². The van der Waals surface area contributed by atoms with Gasteiger partial charge in [0.15, 0.2) is 16.6 Å². The summed E-state index contributed by atoms with van der Waals surface area (Å²) in [6.45, 7) is 1.71. The lowest BCUT2D eigenvalue weighted by Gasteiger charge is -2.21. The van der Waals surface area contributed by atoms with E-state index in [0.29, 0.717) is 23.0 Å². The molecular weight excluding hydrogens is 446 g/mol. The van der Waals surface area contributed by atoms with Crippen molar-refractivity contribution in [1.82, 2.24) is 9.88 Å². The summed E-state index contributed by atoms with van der Waals surface area (Å²) in [5.41, 5.74) is 3.90. The van der Waals surface area contributed by atoms with Crippen molar-refractivity contribution in [3.63, 3.8) is 0 Å². The number of hydrogen-bond acceptors (Lipinski definition) is 6. The highest BCUT2D eigenvalue weighted by Gasteiger charge is 2.23. The molecule has 0 unspecified atom stereocenters. The Morgan fingerprint density at radius 2 is 1.65 bits per heavy atom. The van der Waals surface area contributed by atoms with Crippen LogP contribution >= 0.6 is 11.3 Å². The van der Waals surface area contributed by atoms with Gasteiger partial charge in [-0.15, -0.1) is 0 Å². The minimum atomic E-state index is -0.0379. The number of hydrogen-bond donors (Lipinski definition) is 0. The van der Waals surface area contributed by atoms with Crippen LogP contribution in [0.5, 0.6) is 11.5 Å². The Morgan fingerprint density at radius 1 is 0.941 bits per heavy atom. The number of fused-ring (bicyclic) bond motifs is 2. The maximum Gasteiger partial charge on any atom is 0.260 e. The molecule has 4 aromatic rings. The number of anilines is 1. The lowest BCUT2D eigenvalue weighted by molar-refractivity contribution is 0.0986. The highest BCUT2D eigenvalue weighted by molar-refractivity contribution is 7.22. The number of amides is 1. The fourth-order valence-corrected chi connectivity index (χ4v) is 5.00. The number of benzene rings is 3. The van der Waals surface area contributed by atoms with Crippen LogP contribution in [0.3, 0.4) is 0 Å². The summed E-state index contributed by atoms with van der Waals surface area (Å²) in [5, 5.41) is 0.691. The molecule has 3 aromatic carbocycles. The molecule has 0 saturated carbocycles. The van der Waals surface area contributed by atoms with Crippen LogP contribution in [0.2, 0.25) is 0 Å². The quantitative estimate of drug-likeness (QED) is 0.351. The predicted octanol–water partition coefficient (Wildman–Crippen LogP) is 5.21. The van der Waals surface area contributed by atoms with Crippen LogP contribution in [0, 0.1) is 0 Å². The van der Waals surface area contributed by atoms with Gasteiger partial charge >= 0.3 is 0 Å². The summed E-state index contributed by atoms with van der Waals surface area (Å²) in [7, 11) is 4.08. The van der Waals surface area contributed by atoms with Gasteiger partial charge in [-0.25, -0.2) is 4.98 Å². The fraction of sp³-hybridized carbons (Fsp3) is 0.259. The highest BCUT2D eigenvalue weighted by atomic mass is 32.1. The van der Waals surface area contributed by atoms with Gasteiger partial charge in [-0.1, -0.05) is 53.8 Å². The SMILES string of the molecule is CN(C)CCCN(C(=O)c1ccc(Cc2ccccc2)cc1)c1nc2cc3c(cc2s1)OCO3. The van der Waals surface area contributed by atoms with Gasteiger partial charge in [-0.05, 0) is 56.7 Å². The van der Waals surface area contributed by atoms with E-state index in [1.165, 1.54) is 22.5 Å². The molecule has 174 valence electrons. The molecule has 1 amide bonds. The number of thiazole rings is 1. The summed E-state index contributed by atoms with van der Waals surface area (Å²) in [5.74, 6) is 1.38. The number of carbonyl (C=O) groups excluding carboxylic acids is 1. The van der Waals surface area contributed by atoms with Crippen LogP contribution < -0.4 is 14.4 Å². The molecule has 0 N–H and O–H groups in total. The van der Waals surface area contributed by atoms with Crippen molar-refractivity contribution in [1.29, 1.82) is 0 Å². The third kappa shape index (κ3) is 4.90. The Bertz CT molecular complexity index is 1240. The molecule has 5 rings (SSSR count). The van der Waals surface area contributed by atoms with Crippen LogP contribution in [0.1, 0.15) is 27.9 Å². The molecule has 1 aliphatic rings. The zero-order chi connectivity index (χ0) is 23.5. The van der Waals surface area contributed by atoms with Crippen molar-refractivity contribution in [3.8, 4) is 11.5 Å². The van der Waals surface area contributed by atoms with Gasteiger partial charge in [-0.3, -0.25) is 9.69 Å². The molecule has 0 bridgehead atoms. The van der Waals surface area contributed by atoms with E-state index >= 15 is 0 Å². The van der Waals surface area contributed by atoms with Crippen molar-refractivity contribution >= 4 is 32.6 Å². The molecule has 0 fully saturated rings. The maximum atomic E-state index is 13.6. The molecule has 0 spiro atoms. The minimum Gasteiger partial charge on any atom is -0.454 e. The largest absolute Gasteiger partial charge is 0.454 e. The second-order valence-corrected chi connectivity index (χ2v) is 9.65. The summed E-state index contributed by atoms with van der Waals surface area (Å²) < 4.78 is 12.0. The van der Waals surface area contributed by atoms with Crippen LogP contribution in [0.25, 0.3) is 10.2 Å². The zero-order valence-electron chi connectivity index (χ0n) is 19.4. The normalized spacial score (nSPS) is 12.4. The fourth-order valence-electron chi connectivity index (χ4n) is 4.00. The standard InChI is InChI=1S/C27H27N3O3S/c1-29(2)13-6-14-30(27-28-22-16-23-24(33-18-32-23)17-25(22)34-27)26(31)21-11-9-20(10-12-21)15-19-7-4-3-5-8-19/h3-5,7-12,16-17H,6,13-15,18H2,1-2H3. The predicted molar refractivity (Wildman–Crippen MR) is 136 cm³/mol. The molecule has 0 aliphatic carbocycles. The Balaban J connectivity index is 1.40. The van der Waals surface area contributed by atoms with E-state index in [1.54, 1.807) is 4.90 Å². The van der Waals surface area contributed by atoms with Crippen molar-refractivity contribution in [3.05, 3.63) is 83.4 Å². The van der Waals surface area contributed by atoms with Gasteiger partial charge in [0.25, 0.3) is 5.91 Å². The first-order chi connectivity index (χ1) is 16.6. The number of aromatic nitrogens is 1. The molecule has 2 heterocycles.